The topological polar surface area (TPSA) is 59.1 Å². The molecule has 2 N–H and O–H groups in total. The lowest BCUT2D eigenvalue weighted by molar-refractivity contribution is 0.455. The molecule has 0 bridgehead atoms. The normalized spacial score (nSPS) is 11.4. The highest BCUT2D eigenvalue weighted by atomic mass is 32.1. The monoisotopic (exact) mass is 350 g/mol. The lowest BCUT2D eigenvalue weighted by Gasteiger charge is -2.16. The highest BCUT2D eigenvalue weighted by Crippen LogP contribution is 2.18. The smallest absolute Gasteiger partial charge is 0.238 e. The van der Waals surface area contributed by atoms with Crippen LogP contribution in [0.1, 0.15) is 18.5 Å². The van der Waals surface area contributed by atoms with Gasteiger partial charge in [-0.2, -0.15) is 0 Å². The van der Waals surface area contributed by atoms with Gasteiger partial charge in [0.05, 0.1) is 6.04 Å². The summed E-state index contributed by atoms with van der Waals surface area (Å²) in [7, 11) is 0. The minimum atomic E-state index is 0.0925. The highest BCUT2D eigenvalue weighted by Gasteiger charge is 2.07. The van der Waals surface area contributed by atoms with Crippen molar-refractivity contribution in [1.82, 2.24) is 15.5 Å². The largest absolute Gasteiger partial charge is 0.438 e. The van der Waals surface area contributed by atoms with Crippen molar-refractivity contribution >= 4 is 23.1 Å². The molecule has 25 heavy (non-hydrogen) atoms. The summed E-state index contributed by atoms with van der Waals surface area (Å²) in [4.78, 5) is 0. The number of hydrogen-bond acceptors (Lipinski definition) is 4. The van der Waals surface area contributed by atoms with E-state index in [9.17, 15) is 0 Å². The molecule has 6 heteroatoms. The second-order valence-electron chi connectivity index (χ2n) is 5.40. The van der Waals surface area contributed by atoms with Crippen LogP contribution in [-0.4, -0.2) is 15.3 Å². The van der Waals surface area contributed by atoms with E-state index >= 15 is 0 Å². The van der Waals surface area contributed by atoms with Crippen LogP contribution >= 0.6 is 12.2 Å². The van der Waals surface area contributed by atoms with Crippen LogP contribution in [0.4, 0.5) is 5.82 Å². The Morgan fingerprint density at radius 1 is 0.920 bits per heavy atom. The Morgan fingerprint density at radius 3 is 2.24 bits per heavy atom. The summed E-state index contributed by atoms with van der Waals surface area (Å²) in [6.45, 7) is 2.05. The van der Waals surface area contributed by atoms with Crippen molar-refractivity contribution in [3.05, 3.63) is 78.4 Å². The number of anilines is 1. The van der Waals surface area contributed by atoms with Crippen LogP contribution < -0.4 is 15.4 Å². The molecule has 1 atom stereocenters. The second-order valence-corrected chi connectivity index (χ2v) is 5.81. The zero-order valence-corrected chi connectivity index (χ0v) is 14.5. The number of rotatable bonds is 5. The van der Waals surface area contributed by atoms with Crippen LogP contribution in [0, 0.1) is 0 Å². The number of nitrogens with one attached hydrogen (secondary N) is 2. The van der Waals surface area contributed by atoms with Gasteiger partial charge in [-0.1, -0.05) is 48.5 Å². The SMILES string of the molecule is C[C@H](NC(=S)Nc1ccc(Oc2ccccc2)nn1)c1ccccc1. The van der Waals surface area contributed by atoms with Crippen LogP contribution in [0.3, 0.4) is 0 Å². The minimum absolute atomic E-state index is 0.0925. The van der Waals surface area contributed by atoms with Crippen molar-refractivity contribution in [2.45, 2.75) is 13.0 Å². The summed E-state index contributed by atoms with van der Waals surface area (Å²) >= 11 is 5.33. The van der Waals surface area contributed by atoms with Gasteiger partial charge < -0.3 is 15.4 Å². The van der Waals surface area contributed by atoms with Crippen molar-refractivity contribution in [3.63, 3.8) is 0 Å². The van der Waals surface area contributed by atoms with Crippen molar-refractivity contribution in [3.8, 4) is 11.6 Å². The molecule has 0 saturated carbocycles. The number of benzene rings is 2. The molecule has 0 fully saturated rings. The molecular formula is C19H18N4OS. The Bertz CT molecular complexity index is 810. The van der Waals surface area contributed by atoms with Gasteiger partial charge >= 0.3 is 0 Å². The first-order chi connectivity index (χ1) is 12.2. The fourth-order valence-electron chi connectivity index (χ4n) is 2.22. The average Bonchev–Trinajstić information content (AvgIpc) is 2.65. The molecule has 0 unspecified atom stereocenters. The maximum atomic E-state index is 5.61. The molecule has 0 aliphatic carbocycles. The third kappa shape index (κ3) is 4.99. The Kier molecular flexibility index (Phi) is 5.53. The van der Waals surface area contributed by atoms with Crippen molar-refractivity contribution in [2.24, 2.45) is 0 Å². The highest BCUT2D eigenvalue weighted by molar-refractivity contribution is 7.80. The van der Waals surface area contributed by atoms with E-state index in [0.717, 1.165) is 5.56 Å². The molecular weight excluding hydrogens is 332 g/mol. The molecule has 0 spiro atoms. The predicted octanol–water partition coefficient (Wildman–Crippen LogP) is 4.32. The van der Waals surface area contributed by atoms with E-state index in [2.05, 4.69) is 33.0 Å². The average molecular weight is 350 g/mol. The fraction of sp³-hybridized carbons (Fsp3) is 0.105. The Labute approximate surface area is 152 Å². The number of thiocarbonyl (C=S) groups is 1. The van der Waals surface area contributed by atoms with E-state index in [-0.39, 0.29) is 6.04 Å². The second kappa shape index (κ2) is 8.21. The van der Waals surface area contributed by atoms with Gasteiger partial charge in [-0.05, 0) is 42.9 Å². The summed E-state index contributed by atoms with van der Waals surface area (Å²) in [5, 5.41) is 14.9. The van der Waals surface area contributed by atoms with Crippen LogP contribution in [0.15, 0.2) is 72.8 Å². The first kappa shape index (κ1) is 16.9. The quantitative estimate of drug-likeness (QED) is 0.669. The van der Waals surface area contributed by atoms with E-state index in [0.29, 0.717) is 22.6 Å². The molecule has 0 aliphatic rings. The zero-order valence-electron chi connectivity index (χ0n) is 13.7. The molecule has 0 amide bonds. The molecule has 2 aromatic carbocycles. The van der Waals surface area contributed by atoms with Crippen LogP contribution in [0.2, 0.25) is 0 Å². The van der Waals surface area contributed by atoms with Gasteiger partial charge in [0.1, 0.15) is 5.75 Å². The summed E-state index contributed by atoms with van der Waals surface area (Å²) in [5.74, 6) is 1.69. The maximum Gasteiger partial charge on any atom is 0.238 e. The maximum absolute atomic E-state index is 5.61. The van der Waals surface area contributed by atoms with Gasteiger partial charge in [0, 0.05) is 6.07 Å². The summed E-state index contributed by atoms with van der Waals surface area (Å²) in [6.07, 6.45) is 0. The molecule has 1 aromatic heterocycles. The minimum Gasteiger partial charge on any atom is -0.438 e. The molecule has 0 saturated heterocycles. The number of hydrogen-bond donors (Lipinski definition) is 2. The first-order valence-electron chi connectivity index (χ1n) is 7.90. The molecule has 0 aliphatic heterocycles. The number of ether oxygens (including phenoxy) is 1. The summed E-state index contributed by atoms with van der Waals surface area (Å²) in [5.41, 5.74) is 1.16. The van der Waals surface area contributed by atoms with Crippen LogP contribution in [0.5, 0.6) is 11.6 Å². The van der Waals surface area contributed by atoms with Crippen molar-refractivity contribution in [1.29, 1.82) is 0 Å². The third-order valence-corrected chi connectivity index (χ3v) is 3.71. The van der Waals surface area contributed by atoms with E-state index < -0.39 is 0 Å². The van der Waals surface area contributed by atoms with Gasteiger partial charge in [0.25, 0.3) is 0 Å². The van der Waals surface area contributed by atoms with Gasteiger partial charge in [-0.3, -0.25) is 0 Å². The molecule has 1 heterocycles. The van der Waals surface area contributed by atoms with Crippen LogP contribution in [0.25, 0.3) is 0 Å². The zero-order chi connectivity index (χ0) is 17.5. The number of aromatic nitrogens is 2. The predicted molar refractivity (Wildman–Crippen MR) is 103 cm³/mol. The fourth-order valence-corrected chi connectivity index (χ4v) is 2.51. The number of para-hydroxylation sites is 1. The summed E-state index contributed by atoms with van der Waals surface area (Å²) in [6, 6.07) is 23.1. The Morgan fingerprint density at radius 2 is 1.60 bits per heavy atom. The van der Waals surface area contributed by atoms with Gasteiger partial charge in [-0.25, -0.2) is 0 Å². The standard InChI is InChI=1S/C19H18N4OS/c1-14(15-8-4-2-5-9-15)20-19(25)21-17-12-13-18(23-22-17)24-16-10-6-3-7-11-16/h2-14H,1H3,(H2,20,21,22,25)/t14-/m0/s1. The molecule has 126 valence electrons. The van der Waals surface area contributed by atoms with Gasteiger partial charge in [0.2, 0.25) is 5.88 Å². The van der Waals surface area contributed by atoms with Crippen molar-refractivity contribution < 1.29 is 4.74 Å². The molecule has 5 nitrogen and oxygen atoms in total. The molecule has 3 aromatic rings. The first-order valence-corrected chi connectivity index (χ1v) is 8.30. The lowest BCUT2D eigenvalue weighted by Crippen LogP contribution is -2.31. The van der Waals surface area contributed by atoms with E-state index in [1.54, 1.807) is 12.1 Å². The van der Waals surface area contributed by atoms with E-state index in [1.165, 1.54) is 0 Å². The van der Waals surface area contributed by atoms with E-state index in [4.69, 9.17) is 17.0 Å². The van der Waals surface area contributed by atoms with Crippen LogP contribution in [-0.2, 0) is 0 Å². The van der Waals surface area contributed by atoms with E-state index in [1.807, 2.05) is 55.5 Å². The molecule has 0 radical (unpaired) electrons. The summed E-state index contributed by atoms with van der Waals surface area (Å²) < 4.78 is 5.61. The van der Waals surface area contributed by atoms with Gasteiger partial charge in [-0.15, -0.1) is 10.2 Å². The Hall–Kier alpha value is -2.99. The Balaban J connectivity index is 1.55. The van der Waals surface area contributed by atoms with Gasteiger partial charge in [0.15, 0.2) is 10.9 Å². The van der Waals surface area contributed by atoms with Crippen molar-refractivity contribution in [2.75, 3.05) is 5.32 Å². The molecule has 3 rings (SSSR count). The third-order valence-electron chi connectivity index (χ3n) is 3.49. The lowest BCUT2D eigenvalue weighted by atomic mass is 10.1. The number of nitrogens with zero attached hydrogens (tertiary/aromatic N) is 2.